The molecule has 0 bridgehead atoms. The molecule has 1 amide bonds. The molecule has 37 heavy (non-hydrogen) atoms. The summed E-state index contributed by atoms with van der Waals surface area (Å²) < 4.78 is 1.73. The minimum absolute atomic E-state index is 0.0245. The fraction of sp³-hybridized carbons (Fsp3) is 0. The van der Waals surface area contributed by atoms with Crippen LogP contribution in [-0.4, -0.2) is 26.6 Å². The van der Waals surface area contributed by atoms with E-state index in [1.165, 1.54) is 18.3 Å². The first-order valence-electron chi connectivity index (χ1n) is 11.0. The molecule has 0 aliphatic carbocycles. The lowest BCUT2D eigenvalue weighted by Gasteiger charge is -2.10. The van der Waals surface area contributed by atoms with Crippen LogP contribution in [-0.2, 0) is 0 Å². The molecule has 8 nitrogen and oxygen atoms in total. The number of pyridine rings is 1. The van der Waals surface area contributed by atoms with Gasteiger partial charge in [-0.15, -0.1) is 0 Å². The van der Waals surface area contributed by atoms with E-state index in [1.807, 2.05) is 24.3 Å². The molecule has 5 aromatic rings. The zero-order valence-electron chi connectivity index (χ0n) is 19.0. The molecule has 0 radical (unpaired) electrons. The molecule has 0 fully saturated rings. The van der Waals surface area contributed by atoms with Gasteiger partial charge in [0.2, 0.25) is 0 Å². The highest BCUT2D eigenvalue weighted by Crippen LogP contribution is 2.31. The van der Waals surface area contributed by atoms with Crippen molar-refractivity contribution in [2.24, 2.45) is 5.10 Å². The number of nitrogens with one attached hydrogen (secondary N) is 1. The molecule has 10 heteroatoms. The Bertz CT molecular complexity index is 1700. The molecule has 1 N–H and O–H groups in total. The van der Waals surface area contributed by atoms with Gasteiger partial charge in [0, 0.05) is 34.3 Å². The second-order valence-corrected chi connectivity index (χ2v) is 8.82. The van der Waals surface area contributed by atoms with Gasteiger partial charge in [-0.25, -0.2) is 10.4 Å². The van der Waals surface area contributed by atoms with E-state index in [4.69, 9.17) is 23.2 Å². The lowest BCUT2D eigenvalue weighted by Crippen LogP contribution is -2.18. The first kappa shape index (κ1) is 24.2. The van der Waals surface area contributed by atoms with E-state index in [-0.39, 0.29) is 5.69 Å². The van der Waals surface area contributed by atoms with Crippen molar-refractivity contribution in [3.63, 3.8) is 0 Å². The van der Waals surface area contributed by atoms with Crippen LogP contribution in [0.25, 0.3) is 27.8 Å². The molecule has 0 aliphatic rings. The first-order chi connectivity index (χ1) is 17.9. The van der Waals surface area contributed by atoms with Crippen molar-refractivity contribution < 1.29 is 9.72 Å². The van der Waals surface area contributed by atoms with Crippen molar-refractivity contribution in [3.05, 3.63) is 123 Å². The number of halogens is 2. The number of amides is 1. The average Bonchev–Trinajstić information content (AvgIpc) is 3.36. The Hall–Kier alpha value is -4.53. The summed E-state index contributed by atoms with van der Waals surface area (Å²) in [7, 11) is 0. The molecule has 3 aromatic carbocycles. The Morgan fingerprint density at radius 2 is 1.84 bits per heavy atom. The van der Waals surface area contributed by atoms with Crippen molar-refractivity contribution in [1.82, 2.24) is 15.0 Å². The predicted molar refractivity (Wildman–Crippen MR) is 145 cm³/mol. The van der Waals surface area contributed by atoms with Gasteiger partial charge in [-0.05, 0) is 48.5 Å². The van der Waals surface area contributed by atoms with Crippen molar-refractivity contribution in [2.75, 3.05) is 0 Å². The second kappa shape index (κ2) is 10.2. The lowest BCUT2D eigenvalue weighted by molar-refractivity contribution is -0.384. The summed E-state index contributed by atoms with van der Waals surface area (Å²) in [5.41, 5.74) is 5.92. The molecule has 0 saturated carbocycles. The maximum absolute atomic E-state index is 13.2. The van der Waals surface area contributed by atoms with Gasteiger partial charge in [0.1, 0.15) is 0 Å². The first-order valence-corrected chi connectivity index (χ1v) is 11.8. The fourth-order valence-corrected chi connectivity index (χ4v) is 4.41. The molecular weight excluding hydrogens is 513 g/mol. The van der Waals surface area contributed by atoms with E-state index in [0.717, 1.165) is 0 Å². The summed E-state index contributed by atoms with van der Waals surface area (Å²) in [5.74, 6) is -0.436. The van der Waals surface area contributed by atoms with Crippen molar-refractivity contribution in [1.29, 1.82) is 0 Å². The Balaban J connectivity index is 1.45. The summed E-state index contributed by atoms with van der Waals surface area (Å²) in [6, 6.07) is 23.8. The minimum Gasteiger partial charge on any atom is -0.315 e. The zero-order valence-corrected chi connectivity index (χ0v) is 20.5. The number of nitrogens with zero attached hydrogens (tertiary/aromatic N) is 4. The molecule has 0 aliphatic heterocycles. The van der Waals surface area contributed by atoms with Gasteiger partial charge in [0.25, 0.3) is 11.6 Å². The number of hydrogen-bond acceptors (Lipinski definition) is 5. The molecule has 0 saturated heterocycles. The van der Waals surface area contributed by atoms with Gasteiger partial charge in [0.05, 0.1) is 44.3 Å². The average molecular weight is 530 g/mol. The van der Waals surface area contributed by atoms with E-state index in [0.29, 0.717) is 49.2 Å². The number of hydrazone groups is 1. The number of benzene rings is 3. The van der Waals surface area contributed by atoms with Crippen LogP contribution >= 0.6 is 23.2 Å². The third-order valence-corrected chi connectivity index (χ3v) is 6.18. The van der Waals surface area contributed by atoms with Crippen LogP contribution in [0.4, 0.5) is 5.69 Å². The summed E-state index contributed by atoms with van der Waals surface area (Å²) >= 11 is 12.4. The largest absolute Gasteiger partial charge is 0.315 e. The Labute approximate surface area is 220 Å². The van der Waals surface area contributed by atoms with Crippen molar-refractivity contribution >= 4 is 51.9 Å². The molecular formula is C27H17Cl2N5O3. The van der Waals surface area contributed by atoms with E-state index in [9.17, 15) is 14.9 Å². The van der Waals surface area contributed by atoms with Crippen LogP contribution < -0.4 is 5.43 Å². The Morgan fingerprint density at radius 3 is 2.65 bits per heavy atom. The van der Waals surface area contributed by atoms with Gasteiger partial charge < -0.3 is 4.57 Å². The number of carbonyl (C=O) groups is 1. The molecule has 5 rings (SSSR count). The number of nitro benzene ring substituents is 1. The van der Waals surface area contributed by atoms with Crippen molar-refractivity contribution in [2.45, 2.75) is 0 Å². The quantitative estimate of drug-likeness (QED) is 0.150. The molecule has 182 valence electrons. The van der Waals surface area contributed by atoms with Crippen LogP contribution in [0.1, 0.15) is 16.1 Å². The predicted octanol–water partition coefficient (Wildman–Crippen LogP) is 6.67. The normalized spacial score (nSPS) is 11.2. The van der Waals surface area contributed by atoms with Crippen LogP contribution in [0.15, 0.2) is 96.2 Å². The number of aromatic nitrogens is 2. The van der Waals surface area contributed by atoms with E-state index in [2.05, 4.69) is 15.5 Å². The number of carbonyl (C=O) groups excluding carboxylic acids is 1. The van der Waals surface area contributed by atoms with Crippen LogP contribution in [0.3, 0.4) is 0 Å². The number of hydrogen-bond donors (Lipinski definition) is 1. The third-order valence-electron chi connectivity index (χ3n) is 5.63. The summed E-state index contributed by atoms with van der Waals surface area (Å²) in [6.45, 7) is 0. The Morgan fingerprint density at radius 1 is 1.00 bits per heavy atom. The topological polar surface area (TPSA) is 102 Å². The summed E-state index contributed by atoms with van der Waals surface area (Å²) in [6.07, 6.45) is 3.22. The van der Waals surface area contributed by atoms with Crippen LogP contribution in [0, 0.1) is 10.1 Å². The minimum atomic E-state index is -0.453. The van der Waals surface area contributed by atoms with Gasteiger partial charge in [-0.2, -0.15) is 5.10 Å². The molecule has 0 unspecified atom stereocenters. The molecule has 0 atom stereocenters. The third kappa shape index (κ3) is 5.06. The van der Waals surface area contributed by atoms with Crippen molar-refractivity contribution in [3.8, 4) is 16.9 Å². The summed E-state index contributed by atoms with van der Waals surface area (Å²) in [4.78, 5) is 28.5. The monoisotopic (exact) mass is 529 g/mol. The molecule has 0 spiro atoms. The highest BCUT2D eigenvalue weighted by atomic mass is 35.5. The lowest BCUT2D eigenvalue weighted by atomic mass is 10.0. The molecule has 2 heterocycles. The number of para-hydroxylation sites is 1. The number of fused-ring (bicyclic) bond motifs is 1. The maximum Gasteiger partial charge on any atom is 0.272 e. The standard InChI is InChI=1S/C27H17Cl2N5O3/c28-17-10-11-22(24(29)13-17)26-15-23(21-8-1-2-9-25(21)31-26)27(35)32-30-16-20-7-4-12-33(20)18-5-3-6-19(14-18)34(36)37/h1-16H,(H,32,35)/b30-16+. The highest BCUT2D eigenvalue weighted by molar-refractivity contribution is 6.36. The van der Waals surface area contributed by atoms with Crippen LogP contribution in [0.5, 0.6) is 0 Å². The van der Waals surface area contributed by atoms with Gasteiger partial charge in [0.15, 0.2) is 0 Å². The summed E-state index contributed by atoms with van der Waals surface area (Å²) in [5, 5.41) is 16.8. The zero-order chi connectivity index (χ0) is 25.9. The SMILES string of the molecule is O=C(N/N=C/c1cccn1-c1cccc([N+](=O)[O-])c1)c1cc(-c2ccc(Cl)cc2Cl)nc2ccccc12. The molecule has 2 aromatic heterocycles. The van der Waals surface area contributed by atoms with Crippen LogP contribution in [0.2, 0.25) is 10.0 Å². The highest BCUT2D eigenvalue weighted by Gasteiger charge is 2.15. The van der Waals surface area contributed by atoms with Gasteiger partial charge in [-0.3, -0.25) is 14.9 Å². The number of rotatable bonds is 6. The van der Waals surface area contributed by atoms with Gasteiger partial charge in [-0.1, -0.05) is 47.5 Å². The second-order valence-electron chi connectivity index (χ2n) is 7.98. The Kier molecular flexibility index (Phi) is 6.68. The smallest absolute Gasteiger partial charge is 0.272 e. The number of nitro groups is 1. The van der Waals surface area contributed by atoms with E-state index in [1.54, 1.807) is 59.3 Å². The van der Waals surface area contributed by atoms with E-state index < -0.39 is 10.8 Å². The maximum atomic E-state index is 13.2. The van der Waals surface area contributed by atoms with Gasteiger partial charge >= 0.3 is 0 Å². The fourth-order valence-electron chi connectivity index (χ4n) is 3.91. The van der Waals surface area contributed by atoms with E-state index >= 15 is 0 Å². The number of non-ortho nitro benzene ring substituents is 1.